The van der Waals surface area contributed by atoms with E-state index in [2.05, 4.69) is 5.32 Å². The standard InChI is InChI=1S/C12H13F3N2/c1-11(2,7-16)8-17-10-6-4-3-5-9(10)12(13,14)15/h3-6,17H,8H2,1-2H3. The van der Waals surface area contributed by atoms with Crippen LogP contribution in [0.25, 0.3) is 0 Å². The predicted octanol–water partition coefficient (Wildman–Crippen LogP) is 3.67. The highest BCUT2D eigenvalue weighted by atomic mass is 19.4. The number of nitriles is 1. The number of hydrogen-bond donors (Lipinski definition) is 1. The SMILES string of the molecule is CC(C)(C#N)CNc1ccccc1C(F)(F)F. The highest BCUT2D eigenvalue weighted by molar-refractivity contribution is 5.52. The van der Waals surface area contributed by atoms with E-state index in [1.54, 1.807) is 13.8 Å². The van der Waals surface area contributed by atoms with Crippen molar-refractivity contribution in [2.24, 2.45) is 5.41 Å². The summed E-state index contributed by atoms with van der Waals surface area (Å²) in [6, 6.07) is 7.26. The number of benzene rings is 1. The Kier molecular flexibility index (Phi) is 3.66. The zero-order valence-electron chi connectivity index (χ0n) is 9.60. The Morgan fingerprint density at radius 1 is 1.24 bits per heavy atom. The topological polar surface area (TPSA) is 35.8 Å². The van der Waals surface area contributed by atoms with Gasteiger partial charge in [0.1, 0.15) is 0 Å². The largest absolute Gasteiger partial charge is 0.418 e. The molecule has 1 aromatic rings. The third-order valence-electron chi connectivity index (χ3n) is 2.26. The average Bonchev–Trinajstić information content (AvgIpc) is 2.26. The molecule has 0 heterocycles. The van der Waals surface area contributed by atoms with Gasteiger partial charge in [-0.3, -0.25) is 0 Å². The molecule has 0 bridgehead atoms. The van der Waals surface area contributed by atoms with Crippen LogP contribution in [-0.4, -0.2) is 6.54 Å². The molecule has 0 aliphatic rings. The van der Waals surface area contributed by atoms with Gasteiger partial charge in [-0.1, -0.05) is 12.1 Å². The van der Waals surface area contributed by atoms with Crippen molar-refractivity contribution in [3.05, 3.63) is 29.8 Å². The van der Waals surface area contributed by atoms with Crippen LogP contribution in [0.1, 0.15) is 19.4 Å². The fourth-order valence-electron chi connectivity index (χ4n) is 1.24. The van der Waals surface area contributed by atoms with Gasteiger partial charge >= 0.3 is 6.18 Å². The van der Waals surface area contributed by atoms with E-state index >= 15 is 0 Å². The molecule has 0 aromatic heterocycles. The Balaban J connectivity index is 2.90. The van der Waals surface area contributed by atoms with Crippen LogP contribution in [0.3, 0.4) is 0 Å². The number of anilines is 1. The number of para-hydroxylation sites is 1. The number of alkyl halides is 3. The Morgan fingerprint density at radius 3 is 2.35 bits per heavy atom. The Labute approximate surface area is 98.1 Å². The van der Waals surface area contributed by atoms with Gasteiger partial charge in [0.25, 0.3) is 0 Å². The highest BCUT2D eigenvalue weighted by Crippen LogP contribution is 2.34. The predicted molar refractivity (Wildman–Crippen MR) is 59.3 cm³/mol. The summed E-state index contributed by atoms with van der Waals surface area (Å²) >= 11 is 0. The molecule has 0 spiro atoms. The van der Waals surface area contributed by atoms with Crippen LogP contribution in [0.5, 0.6) is 0 Å². The van der Waals surface area contributed by atoms with Crippen molar-refractivity contribution >= 4 is 5.69 Å². The third kappa shape index (κ3) is 3.66. The molecule has 0 atom stereocenters. The van der Waals surface area contributed by atoms with Crippen LogP contribution in [0.15, 0.2) is 24.3 Å². The number of halogens is 3. The molecular weight excluding hydrogens is 229 g/mol. The molecule has 0 saturated carbocycles. The van der Waals surface area contributed by atoms with E-state index in [9.17, 15) is 13.2 Å². The summed E-state index contributed by atoms with van der Waals surface area (Å²) in [4.78, 5) is 0. The molecular formula is C12H13F3N2. The van der Waals surface area contributed by atoms with Gasteiger partial charge in [-0.2, -0.15) is 18.4 Å². The third-order valence-corrected chi connectivity index (χ3v) is 2.26. The molecule has 0 amide bonds. The maximum Gasteiger partial charge on any atom is 0.418 e. The van der Waals surface area contributed by atoms with Gasteiger partial charge in [0.15, 0.2) is 0 Å². The van der Waals surface area contributed by atoms with Crippen molar-refractivity contribution in [3.63, 3.8) is 0 Å². The molecule has 1 N–H and O–H groups in total. The summed E-state index contributed by atoms with van der Waals surface area (Å²) in [7, 11) is 0. The first kappa shape index (κ1) is 13.4. The van der Waals surface area contributed by atoms with Gasteiger partial charge in [0.2, 0.25) is 0 Å². The monoisotopic (exact) mass is 242 g/mol. The molecule has 0 unspecified atom stereocenters. The van der Waals surface area contributed by atoms with Crippen molar-refractivity contribution in [2.75, 3.05) is 11.9 Å². The van der Waals surface area contributed by atoms with E-state index in [-0.39, 0.29) is 12.2 Å². The van der Waals surface area contributed by atoms with Gasteiger partial charge in [-0.15, -0.1) is 0 Å². The lowest BCUT2D eigenvalue weighted by molar-refractivity contribution is -0.137. The van der Waals surface area contributed by atoms with Crippen LogP contribution >= 0.6 is 0 Å². The summed E-state index contributed by atoms with van der Waals surface area (Å²) in [6.45, 7) is 3.49. The molecule has 92 valence electrons. The molecule has 2 nitrogen and oxygen atoms in total. The zero-order valence-corrected chi connectivity index (χ0v) is 9.60. The lowest BCUT2D eigenvalue weighted by Gasteiger charge is -2.19. The maximum atomic E-state index is 12.6. The number of nitrogens with one attached hydrogen (secondary N) is 1. The minimum Gasteiger partial charge on any atom is -0.383 e. The minimum absolute atomic E-state index is 0.00308. The van der Waals surface area contributed by atoms with Crippen LogP contribution in [0, 0.1) is 16.7 Å². The Hall–Kier alpha value is -1.70. The minimum atomic E-state index is -4.39. The van der Waals surface area contributed by atoms with Crippen molar-refractivity contribution in [1.29, 1.82) is 5.26 Å². The van der Waals surface area contributed by atoms with Crippen molar-refractivity contribution < 1.29 is 13.2 Å². The molecule has 0 fully saturated rings. The summed E-state index contributed by atoms with van der Waals surface area (Å²) in [5.41, 5.74) is -1.42. The quantitative estimate of drug-likeness (QED) is 0.877. The van der Waals surface area contributed by atoms with E-state index in [1.807, 2.05) is 6.07 Å². The lowest BCUT2D eigenvalue weighted by Crippen LogP contribution is -2.22. The summed E-state index contributed by atoms with van der Waals surface area (Å²) in [6.07, 6.45) is -4.39. The first-order valence-electron chi connectivity index (χ1n) is 5.08. The molecule has 5 heteroatoms. The second-order valence-corrected chi connectivity index (χ2v) is 4.39. The van der Waals surface area contributed by atoms with Crippen LogP contribution < -0.4 is 5.32 Å². The molecule has 0 saturated heterocycles. The molecule has 1 rings (SSSR count). The molecule has 0 radical (unpaired) electrons. The summed E-state index contributed by atoms with van der Waals surface area (Å²) in [5.74, 6) is 0. The molecule has 17 heavy (non-hydrogen) atoms. The first-order valence-corrected chi connectivity index (χ1v) is 5.08. The number of rotatable bonds is 3. The smallest absolute Gasteiger partial charge is 0.383 e. The summed E-state index contributed by atoms with van der Waals surface area (Å²) < 4.78 is 37.9. The number of hydrogen-bond acceptors (Lipinski definition) is 2. The van der Waals surface area contributed by atoms with E-state index in [0.717, 1.165) is 6.07 Å². The Bertz CT molecular complexity index is 430. The van der Waals surface area contributed by atoms with Crippen LogP contribution in [0.4, 0.5) is 18.9 Å². The number of nitrogens with zero attached hydrogens (tertiary/aromatic N) is 1. The van der Waals surface area contributed by atoms with Crippen molar-refractivity contribution in [1.82, 2.24) is 0 Å². The fraction of sp³-hybridized carbons (Fsp3) is 0.417. The van der Waals surface area contributed by atoms with Crippen LogP contribution in [-0.2, 0) is 6.18 Å². The lowest BCUT2D eigenvalue weighted by atomic mass is 9.96. The zero-order chi connectivity index (χ0) is 13.1. The molecule has 0 aliphatic carbocycles. The van der Waals surface area contributed by atoms with Gasteiger partial charge in [0, 0.05) is 12.2 Å². The van der Waals surface area contributed by atoms with E-state index < -0.39 is 17.2 Å². The van der Waals surface area contributed by atoms with Gasteiger partial charge in [0.05, 0.1) is 17.0 Å². The van der Waals surface area contributed by atoms with Gasteiger partial charge < -0.3 is 5.32 Å². The fourth-order valence-corrected chi connectivity index (χ4v) is 1.24. The average molecular weight is 242 g/mol. The normalized spacial score (nSPS) is 12.0. The van der Waals surface area contributed by atoms with E-state index in [1.165, 1.54) is 18.2 Å². The maximum absolute atomic E-state index is 12.6. The molecule has 1 aromatic carbocycles. The second kappa shape index (κ2) is 4.66. The van der Waals surface area contributed by atoms with E-state index in [4.69, 9.17) is 5.26 Å². The Morgan fingerprint density at radius 2 is 1.82 bits per heavy atom. The van der Waals surface area contributed by atoms with Gasteiger partial charge in [-0.25, -0.2) is 0 Å². The van der Waals surface area contributed by atoms with Crippen molar-refractivity contribution in [3.8, 4) is 6.07 Å². The summed E-state index contributed by atoms with van der Waals surface area (Å²) in [5, 5.41) is 11.5. The molecule has 0 aliphatic heterocycles. The van der Waals surface area contributed by atoms with Gasteiger partial charge in [-0.05, 0) is 26.0 Å². The second-order valence-electron chi connectivity index (χ2n) is 4.39. The van der Waals surface area contributed by atoms with E-state index in [0.29, 0.717) is 0 Å². The van der Waals surface area contributed by atoms with Crippen molar-refractivity contribution in [2.45, 2.75) is 20.0 Å². The first-order chi connectivity index (χ1) is 7.76. The highest BCUT2D eigenvalue weighted by Gasteiger charge is 2.33. The van der Waals surface area contributed by atoms with Crippen LogP contribution in [0.2, 0.25) is 0 Å².